The van der Waals surface area contributed by atoms with Gasteiger partial charge in [0.25, 0.3) is 0 Å². The maximum absolute atomic E-state index is 12.0. The molecule has 5 heteroatoms. The number of benzene rings is 2. The Morgan fingerprint density at radius 1 is 1.04 bits per heavy atom. The molecule has 0 radical (unpaired) electrons. The molecule has 0 saturated heterocycles. The van der Waals surface area contributed by atoms with Crippen molar-refractivity contribution in [3.05, 3.63) is 65.2 Å². The smallest absolute Gasteiger partial charge is 0.223 e. The molecule has 2 amide bonds. The number of para-hydroxylation sites is 1. The average molecular weight is 331 g/mol. The molecule has 0 aliphatic carbocycles. The molecule has 0 aromatic heterocycles. The highest BCUT2D eigenvalue weighted by Gasteiger charge is 2.13. The van der Waals surface area contributed by atoms with Crippen molar-refractivity contribution in [3.63, 3.8) is 0 Å². The van der Waals surface area contributed by atoms with E-state index in [0.29, 0.717) is 18.1 Å². The predicted molar refractivity (Wildman–Crippen MR) is 92.4 cm³/mol. The van der Waals surface area contributed by atoms with E-state index in [1.807, 2.05) is 48.5 Å². The first-order valence-corrected chi connectivity index (χ1v) is 7.79. The van der Waals surface area contributed by atoms with E-state index in [4.69, 9.17) is 11.6 Å². The Morgan fingerprint density at radius 3 is 2.35 bits per heavy atom. The van der Waals surface area contributed by atoms with Gasteiger partial charge in [-0.15, -0.1) is 0 Å². The third-order valence-corrected chi connectivity index (χ3v) is 3.81. The van der Waals surface area contributed by atoms with Gasteiger partial charge in [0.15, 0.2) is 0 Å². The largest absolute Gasteiger partial charge is 0.352 e. The van der Waals surface area contributed by atoms with Crippen LogP contribution in [0.2, 0.25) is 5.02 Å². The molecule has 0 unspecified atom stereocenters. The fraction of sp³-hybridized carbons (Fsp3) is 0.222. The Kier molecular flexibility index (Phi) is 6.18. The molecule has 0 saturated carbocycles. The van der Waals surface area contributed by atoms with Crippen molar-refractivity contribution < 1.29 is 9.59 Å². The molecular formula is C18H19ClN2O2. The number of amides is 2. The third-order valence-electron chi connectivity index (χ3n) is 3.44. The van der Waals surface area contributed by atoms with Crippen LogP contribution in [0.5, 0.6) is 0 Å². The summed E-state index contributed by atoms with van der Waals surface area (Å²) in [7, 11) is 0. The van der Waals surface area contributed by atoms with Crippen LogP contribution in [-0.2, 0) is 16.1 Å². The van der Waals surface area contributed by atoms with Gasteiger partial charge in [0.2, 0.25) is 11.8 Å². The van der Waals surface area contributed by atoms with Gasteiger partial charge in [0, 0.05) is 37.1 Å². The molecule has 23 heavy (non-hydrogen) atoms. The molecule has 2 aromatic carbocycles. The normalized spacial score (nSPS) is 10.2. The Balaban J connectivity index is 1.87. The number of carbonyl (C=O) groups is 2. The highest BCUT2D eigenvalue weighted by molar-refractivity contribution is 6.31. The molecule has 0 bridgehead atoms. The van der Waals surface area contributed by atoms with Gasteiger partial charge in [-0.3, -0.25) is 9.59 Å². The molecule has 0 fully saturated rings. The van der Waals surface area contributed by atoms with Crippen LogP contribution >= 0.6 is 11.6 Å². The number of hydrogen-bond donors (Lipinski definition) is 1. The third kappa shape index (κ3) is 5.11. The van der Waals surface area contributed by atoms with Crippen LogP contribution in [0.15, 0.2) is 54.6 Å². The molecule has 0 atom stereocenters. The van der Waals surface area contributed by atoms with E-state index in [0.717, 1.165) is 11.3 Å². The number of hydrogen-bond acceptors (Lipinski definition) is 2. The summed E-state index contributed by atoms with van der Waals surface area (Å²) in [4.78, 5) is 25.3. The van der Waals surface area contributed by atoms with Gasteiger partial charge in [-0.2, -0.15) is 0 Å². The summed E-state index contributed by atoms with van der Waals surface area (Å²) >= 11 is 6.05. The zero-order valence-corrected chi connectivity index (χ0v) is 13.7. The summed E-state index contributed by atoms with van der Waals surface area (Å²) in [6.07, 6.45) is 0.235. The molecule has 2 aromatic rings. The van der Waals surface area contributed by atoms with Crippen molar-refractivity contribution in [3.8, 4) is 0 Å². The minimum Gasteiger partial charge on any atom is -0.352 e. The van der Waals surface area contributed by atoms with E-state index >= 15 is 0 Å². The van der Waals surface area contributed by atoms with Gasteiger partial charge in [-0.25, -0.2) is 0 Å². The summed E-state index contributed by atoms with van der Waals surface area (Å²) < 4.78 is 0. The molecule has 2 rings (SSSR count). The predicted octanol–water partition coefficient (Wildman–Crippen LogP) is 3.40. The van der Waals surface area contributed by atoms with Crippen molar-refractivity contribution >= 4 is 29.1 Å². The summed E-state index contributed by atoms with van der Waals surface area (Å²) in [5.74, 6) is -0.206. The maximum Gasteiger partial charge on any atom is 0.223 e. The van der Waals surface area contributed by atoms with E-state index in [1.54, 1.807) is 11.0 Å². The summed E-state index contributed by atoms with van der Waals surface area (Å²) in [6.45, 7) is 2.21. The lowest BCUT2D eigenvalue weighted by Crippen LogP contribution is -2.33. The Hall–Kier alpha value is -2.33. The van der Waals surface area contributed by atoms with Crippen molar-refractivity contribution in [2.24, 2.45) is 0 Å². The second kappa shape index (κ2) is 8.34. The Labute approximate surface area is 141 Å². The van der Waals surface area contributed by atoms with Crippen LogP contribution in [0.25, 0.3) is 0 Å². The highest BCUT2D eigenvalue weighted by Crippen LogP contribution is 2.15. The van der Waals surface area contributed by atoms with Crippen LogP contribution < -0.4 is 10.2 Å². The van der Waals surface area contributed by atoms with Gasteiger partial charge in [0.05, 0.1) is 0 Å². The van der Waals surface area contributed by atoms with Gasteiger partial charge >= 0.3 is 0 Å². The second-order valence-corrected chi connectivity index (χ2v) is 5.53. The number of anilines is 1. The second-order valence-electron chi connectivity index (χ2n) is 5.12. The summed E-state index contributed by atoms with van der Waals surface area (Å²) in [5.41, 5.74) is 1.66. The quantitative estimate of drug-likeness (QED) is 0.882. The Morgan fingerprint density at radius 2 is 1.70 bits per heavy atom. The average Bonchev–Trinajstić information content (AvgIpc) is 2.55. The first-order chi connectivity index (χ1) is 11.1. The molecular weight excluding hydrogens is 312 g/mol. The SMILES string of the molecule is CC(=O)N(CCC(=O)NCc1ccccc1Cl)c1ccccc1. The molecule has 0 spiro atoms. The fourth-order valence-electron chi connectivity index (χ4n) is 2.21. The molecule has 0 heterocycles. The van der Waals surface area contributed by atoms with E-state index in [9.17, 15) is 9.59 Å². The standard InChI is InChI=1S/C18H19ClN2O2/c1-14(22)21(16-8-3-2-4-9-16)12-11-18(23)20-13-15-7-5-6-10-17(15)19/h2-10H,11-13H2,1H3,(H,20,23). The minimum atomic E-state index is -0.118. The van der Waals surface area contributed by atoms with Gasteiger partial charge in [0.1, 0.15) is 0 Å². The lowest BCUT2D eigenvalue weighted by atomic mass is 10.2. The summed E-state index contributed by atoms with van der Waals surface area (Å²) in [6, 6.07) is 16.7. The Bertz CT molecular complexity index is 674. The van der Waals surface area contributed by atoms with Crippen LogP contribution in [0.3, 0.4) is 0 Å². The van der Waals surface area contributed by atoms with Crippen LogP contribution in [0.1, 0.15) is 18.9 Å². The zero-order chi connectivity index (χ0) is 16.7. The van der Waals surface area contributed by atoms with Crippen molar-refractivity contribution in [1.82, 2.24) is 5.32 Å². The highest BCUT2D eigenvalue weighted by atomic mass is 35.5. The van der Waals surface area contributed by atoms with Gasteiger partial charge in [-0.05, 0) is 23.8 Å². The molecule has 4 nitrogen and oxygen atoms in total. The molecule has 120 valence electrons. The van der Waals surface area contributed by atoms with E-state index in [2.05, 4.69) is 5.32 Å². The first-order valence-electron chi connectivity index (χ1n) is 7.41. The number of rotatable bonds is 6. The van der Waals surface area contributed by atoms with E-state index in [1.165, 1.54) is 6.92 Å². The lowest BCUT2D eigenvalue weighted by Gasteiger charge is -2.20. The zero-order valence-electron chi connectivity index (χ0n) is 13.0. The number of nitrogens with zero attached hydrogens (tertiary/aromatic N) is 1. The van der Waals surface area contributed by atoms with Crippen LogP contribution in [-0.4, -0.2) is 18.4 Å². The van der Waals surface area contributed by atoms with E-state index in [-0.39, 0.29) is 18.2 Å². The molecule has 0 aliphatic heterocycles. The van der Waals surface area contributed by atoms with Crippen molar-refractivity contribution in [2.75, 3.05) is 11.4 Å². The van der Waals surface area contributed by atoms with Crippen molar-refractivity contribution in [2.45, 2.75) is 19.9 Å². The first kappa shape index (κ1) is 17.0. The molecule has 0 aliphatic rings. The minimum absolute atomic E-state index is 0.0879. The lowest BCUT2D eigenvalue weighted by molar-refractivity contribution is -0.121. The molecule has 1 N–H and O–H groups in total. The van der Waals surface area contributed by atoms with Crippen molar-refractivity contribution in [1.29, 1.82) is 0 Å². The number of nitrogens with one attached hydrogen (secondary N) is 1. The topological polar surface area (TPSA) is 49.4 Å². The maximum atomic E-state index is 12.0. The number of halogens is 1. The summed E-state index contributed by atoms with van der Waals surface area (Å²) in [5, 5.41) is 3.45. The van der Waals surface area contributed by atoms with Crippen LogP contribution in [0.4, 0.5) is 5.69 Å². The van der Waals surface area contributed by atoms with E-state index < -0.39 is 0 Å². The monoisotopic (exact) mass is 330 g/mol. The van der Waals surface area contributed by atoms with Gasteiger partial charge < -0.3 is 10.2 Å². The number of carbonyl (C=O) groups excluding carboxylic acids is 2. The van der Waals surface area contributed by atoms with Crippen LogP contribution in [0, 0.1) is 0 Å². The fourth-order valence-corrected chi connectivity index (χ4v) is 2.42. The van der Waals surface area contributed by atoms with Gasteiger partial charge in [-0.1, -0.05) is 48.0 Å².